The second kappa shape index (κ2) is 8.50. The molecule has 1 fully saturated rings. The molecule has 2 aliphatic rings. The second-order valence-electron chi connectivity index (χ2n) is 7.84. The van der Waals surface area contributed by atoms with Gasteiger partial charge in [0.1, 0.15) is 0 Å². The van der Waals surface area contributed by atoms with Gasteiger partial charge in [0, 0.05) is 29.3 Å². The van der Waals surface area contributed by atoms with Gasteiger partial charge in [-0.1, -0.05) is 25.1 Å². The fraction of sp³-hybridized carbons (Fsp3) is 0.409. The van der Waals surface area contributed by atoms with Gasteiger partial charge in [-0.05, 0) is 61.1 Å². The van der Waals surface area contributed by atoms with E-state index in [0.717, 1.165) is 30.6 Å². The van der Waals surface area contributed by atoms with Gasteiger partial charge in [0.15, 0.2) is 0 Å². The van der Waals surface area contributed by atoms with Crippen molar-refractivity contribution >= 4 is 27.7 Å². The number of thioether (sulfide) groups is 1. The number of carbonyl (C=O) groups is 1. The van der Waals surface area contributed by atoms with Crippen molar-refractivity contribution in [2.24, 2.45) is 5.92 Å². The van der Waals surface area contributed by atoms with Crippen molar-refractivity contribution in [3.8, 4) is 0 Å². The molecule has 2 aliphatic heterocycles. The molecule has 0 aromatic heterocycles. The molecule has 2 aromatic rings. The van der Waals surface area contributed by atoms with Gasteiger partial charge in [0.05, 0.1) is 10.9 Å². The highest BCUT2D eigenvalue weighted by molar-refractivity contribution is 7.99. The van der Waals surface area contributed by atoms with Crippen LogP contribution >= 0.6 is 11.8 Å². The first-order valence-electron chi connectivity index (χ1n) is 10.1. The quantitative estimate of drug-likeness (QED) is 0.794. The molecular formula is C22H26N2O3S2. The number of sulfonamides is 1. The molecule has 2 heterocycles. The van der Waals surface area contributed by atoms with Crippen molar-refractivity contribution in [1.29, 1.82) is 0 Å². The lowest BCUT2D eigenvalue weighted by Crippen LogP contribution is -2.39. The van der Waals surface area contributed by atoms with Crippen LogP contribution in [0.2, 0.25) is 0 Å². The van der Waals surface area contributed by atoms with E-state index >= 15 is 0 Å². The number of nitrogens with zero attached hydrogens (tertiary/aromatic N) is 1. The van der Waals surface area contributed by atoms with Crippen molar-refractivity contribution in [3.05, 3.63) is 59.7 Å². The van der Waals surface area contributed by atoms with Gasteiger partial charge in [-0.25, -0.2) is 8.42 Å². The summed E-state index contributed by atoms with van der Waals surface area (Å²) in [4.78, 5) is 14.2. The highest BCUT2D eigenvalue weighted by Crippen LogP contribution is 2.36. The molecule has 154 valence electrons. The average Bonchev–Trinajstić information content (AvgIpc) is 2.74. The number of carbonyl (C=O) groups excluding carboxylic acids is 1. The van der Waals surface area contributed by atoms with Crippen LogP contribution in [-0.4, -0.2) is 37.5 Å². The van der Waals surface area contributed by atoms with E-state index in [-0.39, 0.29) is 16.8 Å². The van der Waals surface area contributed by atoms with E-state index in [0.29, 0.717) is 24.6 Å². The zero-order valence-electron chi connectivity index (χ0n) is 16.5. The van der Waals surface area contributed by atoms with E-state index in [9.17, 15) is 13.2 Å². The summed E-state index contributed by atoms with van der Waals surface area (Å²) in [5, 5.41) is 3.11. The molecule has 5 nitrogen and oxygen atoms in total. The molecule has 0 bridgehead atoms. The highest BCUT2D eigenvalue weighted by Gasteiger charge is 2.29. The Kier molecular flexibility index (Phi) is 5.99. The number of rotatable bonds is 4. The first-order chi connectivity index (χ1) is 13.9. The zero-order chi connectivity index (χ0) is 20.4. The maximum Gasteiger partial charge on any atom is 0.251 e. The molecule has 1 amide bonds. The molecule has 2 atom stereocenters. The summed E-state index contributed by atoms with van der Waals surface area (Å²) < 4.78 is 27.3. The van der Waals surface area contributed by atoms with Crippen molar-refractivity contribution in [2.75, 3.05) is 18.8 Å². The predicted octanol–water partition coefficient (Wildman–Crippen LogP) is 4.07. The lowest BCUT2D eigenvalue weighted by Gasteiger charge is -2.30. The van der Waals surface area contributed by atoms with Gasteiger partial charge in [-0.3, -0.25) is 4.79 Å². The summed E-state index contributed by atoms with van der Waals surface area (Å²) in [6.45, 7) is 3.20. The summed E-state index contributed by atoms with van der Waals surface area (Å²) in [6, 6.07) is 14.4. The van der Waals surface area contributed by atoms with Crippen LogP contribution in [0.4, 0.5) is 0 Å². The lowest BCUT2D eigenvalue weighted by molar-refractivity contribution is 0.0935. The van der Waals surface area contributed by atoms with Crippen LogP contribution < -0.4 is 5.32 Å². The number of piperidine rings is 1. The number of benzene rings is 2. The Balaban J connectivity index is 1.47. The van der Waals surface area contributed by atoms with Crippen LogP contribution in [0.5, 0.6) is 0 Å². The summed E-state index contributed by atoms with van der Waals surface area (Å²) in [5.41, 5.74) is 1.63. The Labute approximate surface area is 176 Å². The Hall–Kier alpha value is -1.83. The molecule has 0 aliphatic carbocycles. The lowest BCUT2D eigenvalue weighted by atomic mass is 10.0. The van der Waals surface area contributed by atoms with Crippen LogP contribution in [0.25, 0.3) is 0 Å². The summed E-state index contributed by atoms with van der Waals surface area (Å²) in [6.07, 6.45) is 2.84. The summed E-state index contributed by atoms with van der Waals surface area (Å²) >= 11 is 1.81. The van der Waals surface area contributed by atoms with Crippen molar-refractivity contribution in [1.82, 2.24) is 9.62 Å². The smallest absolute Gasteiger partial charge is 0.251 e. The third kappa shape index (κ3) is 4.37. The molecule has 0 unspecified atom stereocenters. The minimum Gasteiger partial charge on any atom is -0.345 e. The minimum absolute atomic E-state index is 0.0156. The monoisotopic (exact) mass is 430 g/mol. The van der Waals surface area contributed by atoms with Gasteiger partial charge in [0.25, 0.3) is 5.91 Å². The van der Waals surface area contributed by atoms with Gasteiger partial charge in [-0.2, -0.15) is 4.31 Å². The number of hydrogen-bond donors (Lipinski definition) is 1. The molecule has 1 N–H and O–H groups in total. The van der Waals surface area contributed by atoms with Crippen molar-refractivity contribution in [2.45, 2.75) is 42.0 Å². The number of nitrogens with one attached hydrogen (secondary N) is 1. The van der Waals surface area contributed by atoms with Crippen LogP contribution in [0.15, 0.2) is 58.3 Å². The third-order valence-corrected chi connectivity index (χ3v) is 8.64. The molecular weight excluding hydrogens is 404 g/mol. The van der Waals surface area contributed by atoms with Crippen LogP contribution in [0.1, 0.15) is 48.1 Å². The van der Waals surface area contributed by atoms with E-state index in [2.05, 4.69) is 24.4 Å². The fourth-order valence-electron chi connectivity index (χ4n) is 4.03. The van der Waals surface area contributed by atoms with E-state index in [4.69, 9.17) is 0 Å². The van der Waals surface area contributed by atoms with Crippen LogP contribution in [-0.2, 0) is 10.0 Å². The Morgan fingerprint density at radius 2 is 1.86 bits per heavy atom. The predicted molar refractivity (Wildman–Crippen MR) is 116 cm³/mol. The van der Waals surface area contributed by atoms with Crippen molar-refractivity contribution < 1.29 is 13.2 Å². The molecule has 29 heavy (non-hydrogen) atoms. The number of fused-ring (bicyclic) bond motifs is 1. The second-order valence-corrected chi connectivity index (χ2v) is 10.9. The summed E-state index contributed by atoms with van der Waals surface area (Å²) in [5.74, 6) is 1.17. The first kappa shape index (κ1) is 20.4. The number of amides is 1. The van der Waals surface area contributed by atoms with Gasteiger partial charge in [-0.15, -0.1) is 11.8 Å². The first-order valence-corrected chi connectivity index (χ1v) is 12.5. The van der Waals surface area contributed by atoms with E-state index in [1.165, 1.54) is 4.90 Å². The topological polar surface area (TPSA) is 66.5 Å². The van der Waals surface area contributed by atoms with E-state index in [1.807, 2.05) is 23.9 Å². The van der Waals surface area contributed by atoms with E-state index in [1.54, 1.807) is 28.6 Å². The SMILES string of the molecule is C[C@H]1CCCN(S(=O)(=O)c2ccc(C(=O)N[C@@H]3CCSc4ccccc43)cc2)C1. The van der Waals surface area contributed by atoms with Gasteiger partial charge in [0.2, 0.25) is 10.0 Å². The van der Waals surface area contributed by atoms with Crippen LogP contribution in [0.3, 0.4) is 0 Å². The standard InChI is InChI=1S/C22H26N2O3S2/c1-16-5-4-13-24(15-16)29(26,27)18-10-8-17(9-11-18)22(25)23-20-12-14-28-21-7-3-2-6-19(20)21/h2-3,6-11,16,20H,4-5,12-15H2,1H3,(H,23,25)/t16-,20+/m0/s1. The molecule has 7 heteroatoms. The third-order valence-electron chi connectivity index (χ3n) is 5.64. The Bertz CT molecular complexity index is 989. The van der Waals surface area contributed by atoms with Gasteiger partial charge >= 0.3 is 0 Å². The Morgan fingerprint density at radius 3 is 2.62 bits per heavy atom. The van der Waals surface area contributed by atoms with Gasteiger partial charge < -0.3 is 5.32 Å². The van der Waals surface area contributed by atoms with Crippen LogP contribution in [0, 0.1) is 5.92 Å². The maximum atomic E-state index is 12.9. The molecule has 0 spiro atoms. The number of hydrogen-bond acceptors (Lipinski definition) is 4. The molecule has 4 rings (SSSR count). The highest BCUT2D eigenvalue weighted by atomic mass is 32.2. The molecule has 0 saturated carbocycles. The normalized spacial score (nSPS) is 22.7. The summed E-state index contributed by atoms with van der Waals surface area (Å²) in [7, 11) is -3.51. The van der Waals surface area contributed by atoms with E-state index < -0.39 is 10.0 Å². The van der Waals surface area contributed by atoms with Crippen molar-refractivity contribution in [3.63, 3.8) is 0 Å². The molecule has 0 radical (unpaired) electrons. The molecule has 1 saturated heterocycles. The maximum absolute atomic E-state index is 12.9. The largest absolute Gasteiger partial charge is 0.345 e. The zero-order valence-corrected chi connectivity index (χ0v) is 18.1. The average molecular weight is 431 g/mol. The molecule has 2 aromatic carbocycles. The Morgan fingerprint density at radius 1 is 1.10 bits per heavy atom. The minimum atomic E-state index is -3.51. The fourth-order valence-corrected chi connectivity index (χ4v) is 6.75.